The fourth-order valence-electron chi connectivity index (χ4n) is 1.23. The molecule has 1 N–H and O–H groups in total. The molecule has 0 aliphatic rings. The van der Waals surface area contributed by atoms with Crippen LogP contribution in [0.5, 0.6) is 0 Å². The second kappa shape index (κ2) is 5.58. The van der Waals surface area contributed by atoms with Crippen LogP contribution in [-0.2, 0) is 11.3 Å². The molecule has 0 heterocycles. The van der Waals surface area contributed by atoms with E-state index in [1.165, 1.54) is 0 Å². The smallest absolute Gasteiger partial charge is 0.0718 e. The van der Waals surface area contributed by atoms with Gasteiger partial charge in [-0.05, 0) is 18.1 Å². The van der Waals surface area contributed by atoms with Crippen molar-refractivity contribution in [1.29, 1.82) is 0 Å². The lowest BCUT2D eigenvalue weighted by atomic mass is 10.1. The Bertz CT molecular complexity index is 303. The number of hydrogen-bond acceptors (Lipinski definition) is 2. The predicted molar refractivity (Wildman–Crippen MR) is 57.9 cm³/mol. The van der Waals surface area contributed by atoms with E-state index in [1.54, 1.807) is 20.1 Å². The minimum absolute atomic E-state index is 0.411. The second-order valence-electron chi connectivity index (χ2n) is 3.23. The molecule has 0 radical (unpaired) electrons. The Kier molecular flexibility index (Phi) is 4.36. The standard InChI is InChI=1S/C12H16O2/c1-10(13)7-8-11-5-3-4-6-12(11)9-14-2/h3-8,10,13H,9H2,1-2H3/b8-7+. The molecule has 1 unspecified atom stereocenters. The van der Waals surface area contributed by atoms with Crippen molar-refractivity contribution in [2.75, 3.05) is 7.11 Å². The lowest BCUT2D eigenvalue weighted by Crippen LogP contribution is -1.94. The fraction of sp³-hybridized carbons (Fsp3) is 0.333. The number of hydrogen-bond donors (Lipinski definition) is 1. The van der Waals surface area contributed by atoms with Gasteiger partial charge in [-0.2, -0.15) is 0 Å². The first-order chi connectivity index (χ1) is 6.74. The molecule has 0 saturated carbocycles. The van der Waals surface area contributed by atoms with Crippen molar-refractivity contribution in [3.63, 3.8) is 0 Å². The summed E-state index contributed by atoms with van der Waals surface area (Å²) in [5.74, 6) is 0. The van der Waals surface area contributed by atoms with Gasteiger partial charge in [0, 0.05) is 7.11 Å². The minimum atomic E-state index is -0.411. The predicted octanol–water partition coefficient (Wildman–Crippen LogP) is 2.23. The number of benzene rings is 1. The summed E-state index contributed by atoms with van der Waals surface area (Å²) in [7, 11) is 1.68. The van der Waals surface area contributed by atoms with Crippen molar-refractivity contribution in [2.45, 2.75) is 19.6 Å². The molecule has 2 nitrogen and oxygen atoms in total. The molecule has 1 atom stereocenters. The van der Waals surface area contributed by atoms with Gasteiger partial charge in [-0.25, -0.2) is 0 Å². The SMILES string of the molecule is COCc1ccccc1/C=C/C(C)O. The molecule has 0 fully saturated rings. The van der Waals surface area contributed by atoms with Gasteiger partial charge in [-0.1, -0.05) is 36.4 Å². The highest BCUT2D eigenvalue weighted by atomic mass is 16.5. The molecule has 0 bridgehead atoms. The van der Waals surface area contributed by atoms with E-state index >= 15 is 0 Å². The first-order valence-electron chi connectivity index (χ1n) is 4.67. The largest absolute Gasteiger partial charge is 0.389 e. The van der Waals surface area contributed by atoms with Crippen LogP contribution in [0.3, 0.4) is 0 Å². The molecule has 14 heavy (non-hydrogen) atoms. The van der Waals surface area contributed by atoms with Crippen LogP contribution in [0.15, 0.2) is 30.3 Å². The first-order valence-corrected chi connectivity index (χ1v) is 4.67. The number of aliphatic hydroxyl groups is 1. The maximum atomic E-state index is 9.12. The minimum Gasteiger partial charge on any atom is -0.389 e. The molecule has 0 aromatic heterocycles. The molecule has 0 aliphatic carbocycles. The van der Waals surface area contributed by atoms with Gasteiger partial charge in [0.15, 0.2) is 0 Å². The second-order valence-corrected chi connectivity index (χ2v) is 3.23. The summed E-state index contributed by atoms with van der Waals surface area (Å²) in [6.07, 6.45) is 3.26. The Balaban J connectivity index is 2.84. The van der Waals surface area contributed by atoms with Crippen LogP contribution < -0.4 is 0 Å². The van der Waals surface area contributed by atoms with Crippen molar-refractivity contribution in [1.82, 2.24) is 0 Å². The van der Waals surface area contributed by atoms with Crippen LogP contribution in [0.1, 0.15) is 18.1 Å². The van der Waals surface area contributed by atoms with Crippen LogP contribution >= 0.6 is 0 Å². The number of methoxy groups -OCH3 is 1. The Labute approximate surface area is 84.8 Å². The summed E-state index contributed by atoms with van der Waals surface area (Å²) >= 11 is 0. The van der Waals surface area contributed by atoms with Crippen molar-refractivity contribution in [2.24, 2.45) is 0 Å². The van der Waals surface area contributed by atoms with Gasteiger partial charge >= 0.3 is 0 Å². The van der Waals surface area contributed by atoms with Crippen molar-refractivity contribution in [3.8, 4) is 0 Å². The van der Waals surface area contributed by atoms with Gasteiger partial charge in [0.2, 0.25) is 0 Å². The number of aliphatic hydroxyl groups excluding tert-OH is 1. The summed E-state index contributed by atoms with van der Waals surface area (Å²) in [6.45, 7) is 2.33. The molecule has 0 aliphatic heterocycles. The highest BCUT2D eigenvalue weighted by Crippen LogP contribution is 2.11. The molecular formula is C12H16O2. The van der Waals surface area contributed by atoms with Crippen LogP contribution in [-0.4, -0.2) is 18.3 Å². The van der Waals surface area contributed by atoms with E-state index in [1.807, 2.05) is 30.3 Å². The summed E-state index contributed by atoms with van der Waals surface area (Å²) in [6, 6.07) is 7.98. The van der Waals surface area contributed by atoms with Crippen molar-refractivity contribution >= 4 is 6.08 Å². The number of ether oxygens (including phenoxy) is 1. The topological polar surface area (TPSA) is 29.5 Å². The Morgan fingerprint density at radius 3 is 2.79 bits per heavy atom. The van der Waals surface area contributed by atoms with E-state index in [2.05, 4.69) is 0 Å². The summed E-state index contributed by atoms with van der Waals surface area (Å²) < 4.78 is 5.08. The maximum Gasteiger partial charge on any atom is 0.0718 e. The van der Waals surface area contributed by atoms with Crippen molar-refractivity contribution < 1.29 is 9.84 Å². The molecule has 1 aromatic carbocycles. The van der Waals surface area contributed by atoms with Crippen LogP contribution in [0.2, 0.25) is 0 Å². The molecule has 76 valence electrons. The van der Waals surface area contributed by atoms with Gasteiger partial charge in [0.05, 0.1) is 12.7 Å². The highest BCUT2D eigenvalue weighted by Gasteiger charge is 1.97. The molecule has 0 saturated heterocycles. The van der Waals surface area contributed by atoms with E-state index in [0.29, 0.717) is 6.61 Å². The molecule has 1 rings (SSSR count). The van der Waals surface area contributed by atoms with Crippen LogP contribution in [0.4, 0.5) is 0 Å². The zero-order valence-electron chi connectivity index (χ0n) is 8.60. The molecule has 0 amide bonds. The first kappa shape index (κ1) is 11.0. The van der Waals surface area contributed by atoms with E-state index in [9.17, 15) is 0 Å². The van der Waals surface area contributed by atoms with E-state index < -0.39 is 6.10 Å². The van der Waals surface area contributed by atoms with E-state index in [4.69, 9.17) is 9.84 Å². The normalized spacial score (nSPS) is 13.4. The van der Waals surface area contributed by atoms with Gasteiger partial charge < -0.3 is 9.84 Å². The average Bonchev–Trinajstić information content (AvgIpc) is 2.17. The zero-order valence-corrected chi connectivity index (χ0v) is 8.60. The molecule has 0 spiro atoms. The Hall–Kier alpha value is -1.12. The average molecular weight is 192 g/mol. The zero-order chi connectivity index (χ0) is 10.4. The van der Waals surface area contributed by atoms with Gasteiger partial charge in [0.25, 0.3) is 0 Å². The van der Waals surface area contributed by atoms with E-state index in [-0.39, 0.29) is 0 Å². The number of rotatable bonds is 4. The van der Waals surface area contributed by atoms with Crippen LogP contribution in [0, 0.1) is 0 Å². The quantitative estimate of drug-likeness (QED) is 0.792. The lowest BCUT2D eigenvalue weighted by molar-refractivity contribution is 0.184. The third-order valence-electron chi connectivity index (χ3n) is 1.91. The molecule has 1 aromatic rings. The van der Waals surface area contributed by atoms with Gasteiger partial charge in [0.1, 0.15) is 0 Å². The monoisotopic (exact) mass is 192 g/mol. The lowest BCUT2D eigenvalue weighted by Gasteiger charge is -2.04. The summed E-state index contributed by atoms with van der Waals surface area (Å²) in [4.78, 5) is 0. The molecule has 2 heteroatoms. The van der Waals surface area contributed by atoms with Gasteiger partial charge in [-0.15, -0.1) is 0 Å². The third kappa shape index (κ3) is 3.32. The summed E-state index contributed by atoms with van der Waals surface area (Å²) in [5, 5.41) is 9.12. The van der Waals surface area contributed by atoms with Gasteiger partial charge in [-0.3, -0.25) is 0 Å². The fourth-order valence-corrected chi connectivity index (χ4v) is 1.23. The molecular weight excluding hydrogens is 176 g/mol. The highest BCUT2D eigenvalue weighted by molar-refractivity contribution is 5.53. The van der Waals surface area contributed by atoms with E-state index in [0.717, 1.165) is 11.1 Å². The maximum absolute atomic E-state index is 9.12. The van der Waals surface area contributed by atoms with Crippen LogP contribution in [0.25, 0.3) is 6.08 Å². The third-order valence-corrected chi connectivity index (χ3v) is 1.91. The van der Waals surface area contributed by atoms with Crippen molar-refractivity contribution in [3.05, 3.63) is 41.5 Å². The Morgan fingerprint density at radius 2 is 2.14 bits per heavy atom. The summed E-state index contributed by atoms with van der Waals surface area (Å²) in [5.41, 5.74) is 2.22. The Morgan fingerprint density at radius 1 is 1.43 bits per heavy atom.